The summed E-state index contributed by atoms with van der Waals surface area (Å²) < 4.78 is 38.9. The van der Waals surface area contributed by atoms with Gasteiger partial charge in [-0.25, -0.2) is 0 Å². The topological polar surface area (TPSA) is 41.1 Å². The predicted molar refractivity (Wildman–Crippen MR) is 132 cm³/mol. The molecule has 3 nitrogen and oxygen atoms in total. The minimum absolute atomic E-state index is 0.131. The monoisotopic (exact) mass is 480 g/mol. The molecule has 1 amide bonds. The number of hydrogen-bond donors (Lipinski definition) is 2. The van der Waals surface area contributed by atoms with Gasteiger partial charge >= 0.3 is 6.18 Å². The highest BCUT2D eigenvalue weighted by molar-refractivity contribution is 5.83. The molecule has 0 heterocycles. The number of benzene rings is 3. The molecule has 2 N–H and O–H groups in total. The first-order valence-corrected chi connectivity index (χ1v) is 12.2. The van der Waals surface area contributed by atoms with Gasteiger partial charge < -0.3 is 5.32 Å². The van der Waals surface area contributed by atoms with Gasteiger partial charge in [-0.2, -0.15) is 13.2 Å². The Morgan fingerprint density at radius 2 is 1.57 bits per heavy atom. The van der Waals surface area contributed by atoms with E-state index in [0.29, 0.717) is 12.8 Å². The lowest BCUT2D eigenvalue weighted by atomic mass is 9.87. The van der Waals surface area contributed by atoms with Crippen LogP contribution in [0, 0.1) is 0 Å². The lowest BCUT2D eigenvalue weighted by molar-refractivity contribution is -0.137. The molecule has 0 saturated carbocycles. The summed E-state index contributed by atoms with van der Waals surface area (Å²) in [7, 11) is 1.62. The summed E-state index contributed by atoms with van der Waals surface area (Å²) in [5.41, 5.74) is 4.89. The lowest BCUT2D eigenvalue weighted by Crippen LogP contribution is -2.38. The molecule has 4 rings (SSSR count). The van der Waals surface area contributed by atoms with Crippen molar-refractivity contribution in [3.8, 4) is 0 Å². The maximum absolute atomic E-state index is 13.0. The normalized spacial score (nSPS) is 15.2. The molecular weight excluding hydrogens is 449 g/mol. The van der Waals surface area contributed by atoms with E-state index in [9.17, 15) is 18.0 Å². The molecule has 3 aromatic rings. The molecule has 35 heavy (non-hydrogen) atoms. The first kappa shape index (κ1) is 25.0. The summed E-state index contributed by atoms with van der Waals surface area (Å²) >= 11 is 0. The molecule has 0 bridgehead atoms. The van der Waals surface area contributed by atoms with Crippen LogP contribution in [-0.4, -0.2) is 13.0 Å². The number of carbonyl (C=O) groups excluding carboxylic acids is 1. The zero-order valence-electron chi connectivity index (χ0n) is 19.9. The van der Waals surface area contributed by atoms with Gasteiger partial charge in [-0.15, -0.1) is 0 Å². The smallest absolute Gasteiger partial charge is 0.358 e. The Bertz CT molecular complexity index is 1130. The number of rotatable bonds is 8. The van der Waals surface area contributed by atoms with Crippen molar-refractivity contribution in [1.82, 2.24) is 10.6 Å². The van der Waals surface area contributed by atoms with E-state index in [4.69, 9.17) is 0 Å². The van der Waals surface area contributed by atoms with Gasteiger partial charge in [0.25, 0.3) is 0 Å². The fraction of sp³-hybridized carbons (Fsp3) is 0.345. The molecule has 1 aliphatic rings. The van der Waals surface area contributed by atoms with Gasteiger partial charge in [0.05, 0.1) is 5.56 Å². The highest BCUT2D eigenvalue weighted by Crippen LogP contribution is 2.31. The molecule has 0 fully saturated rings. The standard InChI is InChI=1S/C29H31F3N2O/c1-33-28(35)27(22-8-3-2-4-9-22)34-26(24-15-14-21-7-5-6-10-23(21)19-24)18-13-20-11-16-25(17-12-20)29(30,31)32/h2-4,8-9,11-12,14-17,19,26-27,34H,5-7,10,13,18H2,1H3,(H,33,35)/t26-,27-/m0/s1. The number of amides is 1. The second kappa shape index (κ2) is 11.1. The number of carbonyl (C=O) groups is 1. The summed E-state index contributed by atoms with van der Waals surface area (Å²) in [5.74, 6) is -0.131. The van der Waals surface area contributed by atoms with Crippen LogP contribution in [-0.2, 0) is 30.2 Å². The Morgan fingerprint density at radius 1 is 0.886 bits per heavy atom. The number of halogens is 3. The van der Waals surface area contributed by atoms with Crippen molar-refractivity contribution in [2.24, 2.45) is 0 Å². The van der Waals surface area contributed by atoms with Gasteiger partial charge in [-0.3, -0.25) is 10.1 Å². The lowest BCUT2D eigenvalue weighted by Gasteiger charge is -2.27. The van der Waals surface area contributed by atoms with E-state index >= 15 is 0 Å². The first-order valence-electron chi connectivity index (χ1n) is 12.2. The van der Waals surface area contributed by atoms with Crippen LogP contribution in [0.1, 0.15) is 64.7 Å². The van der Waals surface area contributed by atoms with Gasteiger partial charge in [0.2, 0.25) is 5.91 Å². The van der Waals surface area contributed by atoms with Gasteiger partial charge in [0.15, 0.2) is 0 Å². The molecule has 0 saturated heterocycles. The quantitative estimate of drug-likeness (QED) is 0.395. The average Bonchev–Trinajstić information content (AvgIpc) is 2.88. The van der Waals surface area contributed by atoms with E-state index in [-0.39, 0.29) is 11.9 Å². The van der Waals surface area contributed by atoms with Crippen molar-refractivity contribution in [1.29, 1.82) is 0 Å². The van der Waals surface area contributed by atoms with Gasteiger partial charge in [0.1, 0.15) is 6.04 Å². The Hall–Kier alpha value is -3.12. The van der Waals surface area contributed by atoms with Gasteiger partial charge in [-0.05, 0) is 78.5 Å². The fourth-order valence-electron chi connectivity index (χ4n) is 4.80. The summed E-state index contributed by atoms with van der Waals surface area (Å²) in [6, 6.07) is 20.8. The molecule has 0 unspecified atom stereocenters. The number of fused-ring (bicyclic) bond motifs is 1. The second-order valence-corrected chi connectivity index (χ2v) is 9.15. The predicted octanol–water partition coefficient (Wildman–Crippen LogP) is 6.34. The fourth-order valence-corrected chi connectivity index (χ4v) is 4.80. The number of hydrogen-bond acceptors (Lipinski definition) is 2. The Labute approximate surface area is 204 Å². The van der Waals surface area contributed by atoms with Crippen molar-refractivity contribution in [2.45, 2.75) is 56.8 Å². The SMILES string of the molecule is CNC(=O)[C@@H](N[C@@H](CCc1ccc(C(F)(F)F)cc1)c1ccc2c(c1)CCCC2)c1ccccc1. The van der Waals surface area contributed by atoms with E-state index in [1.807, 2.05) is 30.3 Å². The largest absolute Gasteiger partial charge is 0.416 e. The molecule has 184 valence electrons. The molecule has 6 heteroatoms. The zero-order valence-corrected chi connectivity index (χ0v) is 19.9. The van der Waals surface area contributed by atoms with E-state index in [1.54, 1.807) is 19.2 Å². The Kier molecular flexibility index (Phi) is 7.91. The van der Waals surface area contributed by atoms with Crippen LogP contribution in [0.4, 0.5) is 13.2 Å². The highest BCUT2D eigenvalue weighted by Gasteiger charge is 2.30. The minimum Gasteiger partial charge on any atom is -0.358 e. The summed E-state index contributed by atoms with van der Waals surface area (Å²) in [4.78, 5) is 12.8. The van der Waals surface area contributed by atoms with Crippen LogP contribution in [0.3, 0.4) is 0 Å². The van der Waals surface area contributed by atoms with Gasteiger partial charge in [0, 0.05) is 13.1 Å². The molecule has 2 atom stereocenters. The van der Waals surface area contributed by atoms with Crippen molar-refractivity contribution in [3.63, 3.8) is 0 Å². The highest BCUT2D eigenvalue weighted by atomic mass is 19.4. The third-order valence-corrected chi connectivity index (χ3v) is 6.79. The van der Waals surface area contributed by atoms with Crippen molar-refractivity contribution < 1.29 is 18.0 Å². The van der Waals surface area contributed by atoms with E-state index in [2.05, 4.69) is 28.8 Å². The Morgan fingerprint density at radius 3 is 2.23 bits per heavy atom. The molecule has 0 aromatic heterocycles. The van der Waals surface area contributed by atoms with E-state index in [0.717, 1.165) is 41.7 Å². The molecular formula is C29H31F3N2O. The number of nitrogens with one attached hydrogen (secondary N) is 2. The summed E-state index contributed by atoms with van der Waals surface area (Å²) in [5, 5.41) is 6.31. The van der Waals surface area contributed by atoms with E-state index in [1.165, 1.54) is 24.0 Å². The Balaban J connectivity index is 1.60. The van der Waals surface area contributed by atoms with Crippen molar-refractivity contribution in [2.75, 3.05) is 7.05 Å². The van der Waals surface area contributed by atoms with Crippen LogP contribution < -0.4 is 10.6 Å². The second-order valence-electron chi connectivity index (χ2n) is 9.15. The summed E-state index contributed by atoms with van der Waals surface area (Å²) in [6.45, 7) is 0. The van der Waals surface area contributed by atoms with E-state index < -0.39 is 17.8 Å². The zero-order chi connectivity index (χ0) is 24.8. The van der Waals surface area contributed by atoms with Crippen LogP contribution in [0.5, 0.6) is 0 Å². The van der Waals surface area contributed by atoms with Crippen molar-refractivity contribution in [3.05, 3.63) is 106 Å². The number of alkyl halides is 3. The van der Waals surface area contributed by atoms with Crippen LogP contribution in [0.25, 0.3) is 0 Å². The van der Waals surface area contributed by atoms with Crippen LogP contribution >= 0.6 is 0 Å². The third kappa shape index (κ3) is 6.31. The number of likely N-dealkylation sites (N-methyl/N-ethyl adjacent to an activating group) is 1. The molecule has 0 radical (unpaired) electrons. The molecule has 1 aliphatic carbocycles. The number of aryl methyl sites for hydroxylation is 3. The first-order chi connectivity index (χ1) is 16.8. The maximum atomic E-state index is 13.0. The average molecular weight is 481 g/mol. The molecule has 0 spiro atoms. The van der Waals surface area contributed by atoms with Crippen LogP contribution in [0.2, 0.25) is 0 Å². The molecule has 0 aliphatic heterocycles. The third-order valence-electron chi connectivity index (χ3n) is 6.79. The minimum atomic E-state index is -4.35. The van der Waals surface area contributed by atoms with Crippen molar-refractivity contribution >= 4 is 5.91 Å². The maximum Gasteiger partial charge on any atom is 0.416 e. The van der Waals surface area contributed by atoms with Gasteiger partial charge in [-0.1, -0.05) is 60.7 Å². The molecule has 3 aromatic carbocycles. The summed E-state index contributed by atoms with van der Waals surface area (Å²) in [6.07, 6.45) is 1.39. The van der Waals surface area contributed by atoms with Crippen LogP contribution in [0.15, 0.2) is 72.8 Å².